The highest BCUT2D eigenvalue weighted by atomic mass is 19.4. The van der Waals surface area contributed by atoms with Crippen LogP contribution in [0.3, 0.4) is 0 Å². The number of hydrogen-bond acceptors (Lipinski definition) is 3. The van der Waals surface area contributed by atoms with Crippen molar-refractivity contribution in [3.05, 3.63) is 53.6 Å². The summed E-state index contributed by atoms with van der Waals surface area (Å²) in [6.45, 7) is 0. The maximum atomic E-state index is 13.2. The lowest BCUT2D eigenvalue weighted by atomic mass is 10.1. The van der Waals surface area contributed by atoms with Gasteiger partial charge in [0.1, 0.15) is 11.8 Å². The summed E-state index contributed by atoms with van der Waals surface area (Å²) in [7, 11) is 1.47. The van der Waals surface area contributed by atoms with E-state index in [2.05, 4.69) is 4.98 Å². The van der Waals surface area contributed by atoms with E-state index in [-0.39, 0.29) is 16.8 Å². The first-order chi connectivity index (χ1) is 10.3. The second kappa shape index (κ2) is 5.89. The number of nitrogens with zero attached hydrogens (tertiary/aromatic N) is 3. The topological polar surface area (TPSA) is 70.7 Å². The van der Waals surface area contributed by atoms with Crippen LogP contribution in [0, 0.1) is 11.3 Å². The Hall–Kier alpha value is -2.82. The minimum atomic E-state index is -4.66. The van der Waals surface area contributed by atoms with Gasteiger partial charge in [0.05, 0.1) is 5.56 Å². The Kier molecular flexibility index (Phi) is 4.17. The maximum absolute atomic E-state index is 13.2. The average molecular weight is 308 g/mol. The van der Waals surface area contributed by atoms with Gasteiger partial charge in [-0.3, -0.25) is 9.78 Å². The van der Waals surface area contributed by atoms with Crippen molar-refractivity contribution in [3.8, 4) is 6.07 Å². The van der Waals surface area contributed by atoms with Crippen molar-refractivity contribution in [1.29, 1.82) is 5.26 Å². The second-order valence-electron chi connectivity index (χ2n) is 4.57. The van der Waals surface area contributed by atoms with Gasteiger partial charge in [0.15, 0.2) is 6.04 Å². The molecule has 0 radical (unpaired) electrons. The summed E-state index contributed by atoms with van der Waals surface area (Å²) in [4.78, 5) is 15.7. The average Bonchev–Trinajstić information content (AvgIpc) is 2.85. The molecule has 2 heterocycles. The molecular formula is C14H11F3N4O. The lowest BCUT2D eigenvalue weighted by molar-refractivity contribution is -0.155. The molecule has 1 atom stereocenters. The Morgan fingerprint density at radius 2 is 2.23 bits per heavy atom. The first-order valence-electron chi connectivity index (χ1n) is 6.17. The molecule has 0 aliphatic carbocycles. The van der Waals surface area contributed by atoms with Crippen LogP contribution in [0.4, 0.5) is 13.2 Å². The highest BCUT2D eigenvalue weighted by Gasteiger charge is 2.42. The molecule has 2 aromatic heterocycles. The predicted octanol–water partition coefficient (Wildman–Crippen LogP) is 2.33. The van der Waals surface area contributed by atoms with E-state index in [9.17, 15) is 18.0 Å². The molecule has 0 fully saturated rings. The SMILES string of the molecule is Cn1cc(C#N)cc1C(=O)N[C@H](c1cccnc1)C(F)(F)F. The highest BCUT2D eigenvalue weighted by molar-refractivity contribution is 5.93. The van der Waals surface area contributed by atoms with E-state index >= 15 is 0 Å². The van der Waals surface area contributed by atoms with Crippen molar-refractivity contribution in [2.75, 3.05) is 0 Å². The fourth-order valence-electron chi connectivity index (χ4n) is 1.96. The Morgan fingerprint density at radius 1 is 1.50 bits per heavy atom. The van der Waals surface area contributed by atoms with Crippen molar-refractivity contribution >= 4 is 5.91 Å². The van der Waals surface area contributed by atoms with Crippen LogP contribution in [-0.2, 0) is 7.05 Å². The van der Waals surface area contributed by atoms with Crippen LogP contribution in [0.1, 0.15) is 27.7 Å². The molecule has 0 aliphatic heterocycles. The van der Waals surface area contributed by atoms with Crippen molar-refractivity contribution in [3.63, 3.8) is 0 Å². The van der Waals surface area contributed by atoms with Gasteiger partial charge < -0.3 is 9.88 Å². The summed E-state index contributed by atoms with van der Waals surface area (Å²) in [5.74, 6) is -0.921. The molecule has 0 unspecified atom stereocenters. The zero-order valence-electron chi connectivity index (χ0n) is 11.4. The summed E-state index contributed by atoms with van der Waals surface area (Å²) in [5.41, 5.74) is -0.00894. The molecule has 0 spiro atoms. The zero-order chi connectivity index (χ0) is 16.3. The van der Waals surface area contributed by atoms with Crippen LogP contribution < -0.4 is 5.32 Å². The second-order valence-corrected chi connectivity index (χ2v) is 4.57. The molecule has 2 rings (SSSR count). The fraction of sp³-hybridized carbons (Fsp3) is 0.214. The van der Waals surface area contributed by atoms with E-state index < -0.39 is 18.1 Å². The number of nitriles is 1. The maximum Gasteiger partial charge on any atom is 0.412 e. The molecule has 22 heavy (non-hydrogen) atoms. The van der Waals surface area contributed by atoms with Crippen LogP contribution in [0.25, 0.3) is 0 Å². The number of nitrogens with one attached hydrogen (secondary N) is 1. The van der Waals surface area contributed by atoms with Gasteiger partial charge in [-0.05, 0) is 12.1 Å². The smallest absolute Gasteiger partial charge is 0.345 e. The van der Waals surface area contributed by atoms with Crippen LogP contribution in [0.2, 0.25) is 0 Å². The van der Waals surface area contributed by atoms with Crippen molar-refractivity contribution < 1.29 is 18.0 Å². The van der Waals surface area contributed by atoms with Gasteiger partial charge in [0, 0.05) is 31.2 Å². The van der Waals surface area contributed by atoms with Crippen LogP contribution in [-0.4, -0.2) is 21.6 Å². The Balaban J connectivity index is 2.30. The van der Waals surface area contributed by atoms with Gasteiger partial charge >= 0.3 is 6.18 Å². The van der Waals surface area contributed by atoms with E-state index in [0.29, 0.717) is 0 Å². The van der Waals surface area contributed by atoms with Gasteiger partial charge in [-0.25, -0.2) is 0 Å². The molecule has 0 bridgehead atoms. The van der Waals surface area contributed by atoms with Crippen molar-refractivity contribution in [2.24, 2.45) is 7.05 Å². The summed E-state index contributed by atoms with van der Waals surface area (Å²) in [6, 6.07) is 3.47. The van der Waals surface area contributed by atoms with Gasteiger partial charge in [-0.1, -0.05) is 6.07 Å². The third-order valence-corrected chi connectivity index (χ3v) is 2.99. The first kappa shape index (κ1) is 15.6. The van der Waals surface area contributed by atoms with Crippen LogP contribution in [0.5, 0.6) is 0 Å². The number of amides is 1. The number of alkyl halides is 3. The van der Waals surface area contributed by atoms with Crippen LogP contribution in [0.15, 0.2) is 36.8 Å². The molecule has 2 aromatic rings. The normalized spacial score (nSPS) is 12.5. The Bertz CT molecular complexity index is 716. The van der Waals surface area contributed by atoms with E-state index in [1.54, 1.807) is 0 Å². The third kappa shape index (κ3) is 3.25. The summed E-state index contributed by atoms with van der Waals surface area (Å²) >= 11 is 0. The monoisotopic (exact) mass is 308 g/mol. The van der Waals surface area contributed by atoms with Crippen molar-refractivity contribution in [2.45, 2.75) is 12.2 Å². The molecule has 5 nitrogen and oxygen atoms in total. The Labute approximate surface area is 124 Å². The van der Waals surface area contributed by atoms with E-state index in [0.717, 1.165) is 6.20 Å². The molecule has 8 heteroatoms. The lowest BCUT2D eigenvalue weighted by Gasteiger charge is -2.21. The number of hydrogen-bond donors (Lipinski definition) is 1. The standard InChI is InChI=1S/C14H11F3N4O/c1-21-8-9(6-18)5-11(21)13(22)20-12(14(15,16)17)10-3-2-4-19-7-10/h2-5,7-8,12H,1H3,(H,20,22)/t12-/m1/s1. The Morgan fingerprint density at radius 3 is 2.73 bits per heavy atom. The molecular weight excluding hydrogens is 297 g/mol. The fourth-order valence-corrected chi connectivity index (χ4v) is 1.96. The van der Waals surface area contributed by atoms with E-state index in [1.165, 1.54) is 42.2 Å². The van der Waals surface area contributed by atoms with E-state index in [1.807, 2.05) is 11.4 Å². The largest absolute Gasteiger partial charge is 0.412 e. The highest BCUT2D eigenvalue weighted by Crippen LogP contribution is 2.32. The number of carbonyl (C=O) groups is 1. The van der Waals surface area contributed by atoms with Gasteiger partial charge in [-0.15, -0.1) is 0 Å². The zero-order valence-corrected chi connectivity index (χ0v) is 11.4. The number of pyridine rings is 1. The van der Waals surface area contributed by atoms with E-state index in [4.69, 9.17) is 5.26 Å². The number of carbonyl (C=O) groups excluding carboxylic acids is 1. The predicted molar refractivity (Wildman–Crippen MR) is 70.6 cm³/mol. The summed E-state index contributed by atoms with van der Waals surface area (Å²) in [6.07, 6.45) is -0.914. The quantitative estimate of drug-likeness (QED) is 0.946. The summed E-state index contributed by atoms with van der Waals surface area (Å²) < 4.78 is 40.8. The van der Waals surface area contributed by atoms with Crippen molar-refractivity contribution in [1.82, 2.24) is 14.9 Å². The first-order valence-corrected chi connectivity index (χ1v) is 6.17. The molecule has 0 saturated carbocycles. The third-order valence-electron chi connectivity index (χ3n) is 2.99. The van der Waals surface area contributed by atoms with Crippen LogP contribution >= 0.6 is 0 Å². The molecule has 1 N–H and O–H groups in total. The number of aryl methyl sites for hydroxylation is 1. The number of halogens is 3. The lowest BCUT2D eigenvalue weighted by Crippen LogP contribution is -2.38. The minimum Gasteiger partial charge on any atom is -0.345 e. The molecule has 0 aliphatic rings. The summed E-state index contributed by atoms with van der Waals surface area (Å²) in [5, 5.41) is 10.7. The molecule has 114 valence electrons. The number of rotatable bonds is 3. The van der Waals surface area contributed by atoms with Gasteiger partial charge in [-0.2, -0.15) is 18.4 Å². The van der Waals surface area contributed by atoms with Gasteiger partial charge in [0.25, 0.3) is 5.91 Å². The molecule has 0 aromatic carbocycles. The molecule has 0 saturated heterocycles. The minimum absolute atomic E-state index is 0.0327. The van der Waals surface area contributed by atoms with Gasteiger partial charge in [0.2, 0.25) is 0 Å². The number of aromatic nitrogens is 2. The molecule has 1 amide bonds.